The SMILES string of the molecule is CN1CCN(C(=O)c2ccc(-c3[nH]nc4nc(-c5ccoc5)ccc34)cc2)CC1. The average molecular weight is 387 g/mol. The first-order chi connectivity index (χ1) is 14.2. The quantitative estimate of drug-likeness (QED) is 0.584. The van der Waals surface area contributed by atoms with Gasteiger partial charge in [-0.15, -0.1) is 0 Å². The number of furan rings is 1. The fourth-order valence-electron chi connectivity index (χ4n) is 3.66. The molecule has 0 bridgehead atoms. The fourth-order valence-corrected chi connectivity index (χ4v) is 3.66. The molecule has 0 unspecified atom stereocenters. The first kappa shape index (κ1) is 17.6. The molecule has 1 aromatic carbocycles. The molecule has 1 saturated heterocycles. The topological polar surface area (TPSA) is 78.3 Å². The van der Waals surface area contributed by atoms with Crippen LogP contribution in [0.1, 0.15) is 10.4 Å². The molecule has 1 aliphatic rings. The van der Waals surface area contributed by atoms with E-state index in [0.29, 0.717) is 11.2 Å². The van der Waals surface area contributed by atoms with Gasteiger partial charge in [0.05, 0.1) is 23.9 Å². The van der Waals surface area contributed by atoms with Gasteiger partial charge in [0.25, 0.3) is 5.91 Å². The van der Waals surface area contributed by atoms with Crippen LogP contribution in [-0.4, -0.2) is 64.1 Å². The lowest BCUT2D eigenvalue weighted by atomic mass is 10.1. The van der Waals surface area contributed by atoms with Crippen LogP contribution < -0.4 is 0 Å². The zero-order chi connectivity index (χ0) is 19.8. The Morgan fingerprint density at radius 3 is 2.52 bits per heavy atom. The zero-order valence-electron chi connectivity index (χ0n) is 16.1. The summed E-state index contributed by atoms with van der Waals surface area (Å²) < 4.78 is 5.13. The molecule has 0 saturated carbocycles. The number of aromatic nitrogens is 3. The van der Waals surface area contributed by atoms with Crippen molar-refractivity contribution in [1.29, 1.82) is 0 Å². The maximum Gasteiger partial charge on any atom is 0.253 e. The molecule has 7 nitrogen and oxygen atoms in total. The van der Waals surface area contributed by atoms with Gasteiger partial charge in [-0.3, -0.25) is 9.89 Å². The van der Waals surface area contributed by atoms with Crippen LogP contribution in [0.2, 0.25) is 0 Å². The Morgan fingerprint density at radius 2 is 1.79 bits per heavy atom. The van der Waals surface area contributed by atoms with Crippen molar-refractivity contribution < 1.29 is 9.21 Å². The summed E-state index contributed by atoms with van der Waals surface area (Å²) in [5.41, 5.74) is 4.96. The van der Waals surface area contributed by atoms with Gasteiger partial charge >= 0.3 is 0 Å². The zero-order valence-corrected chi connectivity index (χ0v) is 16.1. The van der Waals surface area contributed by atoms with Crippen LogP contribution in [0.15, 0.2) is 59.4 Å². The number of amides is 1. The highest BCUT2D eigenvalue weighted by molar-refractivity contribution is 5.96. The standard InChI is InChI=1S/C22H21N5O2/c1-26-9-11-27(12-10-26)22(28)16-4-2-15(3-5-16)20-18-6-7-19(17-8-13-29-14-17)23-21(18)25-24-20/h2-8,13-14H,9-12H2,1H3,(H,23,24,25). The van der Waals surface area contributed by atoms with Gasteiger partial charge < -0.3 is 14.2 Å². The average Bonchev–Trinajstić information content (AvgIpc) is 3.44. The first-order valence-electron chi connectivity index (χ1n) is 9.65. The number of hydrogen-bond acceptors (Lipinski definition) is 5. The van der Waals surface area contributed by atoms with Crippen molar-refractivity contribution in [3.63, 3.8) is 0 Å². The van der Waals surface area contributed by atoms with Crippen LogP contribution in [0.4, 0.5) is 0 Å². The number of hydrogen-bond donors (Lipinski definition) is 1. The summed E-state index contributed by atoms with van der Waals surface area (Å²) in [6, 6.07) is 13.5. The van der Waals surface area contributed by atoms with Crippen LogP contribution in [-0.2, 0) is 0 Å². The van der Waals surface area contributed by atoms with E-state index in [1.165, 1.54) is 0 Å². The van der Waals surface area contributed by atoms with Gasteiger partial charge in [0.2, 0.25) is 0 Å². The number of nitrogens with one attached hydrogen (secondary N) is 1. The number of piperazine rings is 1. The van der Waals surface area contributed by atoms with Crippen molar-refractivity contribution in [1.82, 2.24) is 25.0 Å². The molecule has 1 aliphatic heterocycles. The Morgan fingerprint density at radius 1 is 1.00 bits per heavy atom. The summed E-state index contributed by atoms with van der Waals surface area (Å²) in [5.74, 6) is 0.0885. The van der Waals surface area contributed by atoms with Crippen molar-refractivity contribution in [2.75, 3.05) is 33.2 Å². The molecule has 29 heavy (non-hydrogen) atoms. The Kier molecular flexibility index (Phi) is 4.37. The number of nitrogens with zero attached hydrogens (tertiary/aromatic N) is 4. The Balaban J connectivity index is 1.40. The summed E-state index contributed by atoms with van der Waals surface area (Å²) in [5, 5.41) is 8.38. The van der Waals surface area contributed by atoms with Gasteiger partial charge in [-0.25, -0.2) is 4.98 Å². The van der Waals surface area contributed by atoms with Crippen LogP contribution in [0.25, 0.3) is 33.5 Å². The third-order valence-corrected chi connectivity index (χ3v) is 5.45. The summed E-state index contributed by atoms with van der Waals surface area (Å²) >= 11 is 0. The molecular formula is C22H21N5O2. The third kappa shape index (κ3) is 3.30. The van der Waals surface area contributed by atoms with E-state index in [9.17, 15) is 4.79 Å². The molecule has 1 fully saturated rings. The van der Waals surface area contributed by atoms with Gasteiger partial charge in [0, 0.05) is 48.3 Å². The summed E-state index contributed by atoms with van der Waals surface area (Å²) in [4.78, 5) is 21.5. The maximum absolute atomic E-state index is 12.7. The predicted octanol–water partition coefficient (Wildman–Crippen LogP) is 3.27. The lowest BCUT2D eigenvalue weighted by molar-refractivity contribution is 0.0664. The Labute approximate surface area is 168 Å². The molecule has 4 heterocycles. The highest BCUT2D eigenvalue weighted by atomic mass is 16.3. The normalized spacial score (nSPS) is 15.1. The fraction of sp³-hybridized carbons (Fsp3) is 0.227. The van der Waals surface area contributed by atoms with Crippen LogP contribution in [0.5, 0.6) is 0 Å². The number of carbonyl (C=O) groups excluding carboxylic acids is 1. The minimum atomic E-state index is 0.0885. The summed E-state index contributed by atoms with van der Waals surface area (Å²) in [6.45, 7) is 3.37. The molecule has 0 radical (unpaired) electrons. The van der Waals surface area contributed by atoms with Crippen LogP contribution in [0.3, 0.4) is 0 Å². The first-order valence-corrected chi connectivity index (χ1v) is 9.65. The van der Waals surface area contributed by atoms with E-state index in [4.69, 9.17) is 4.42 Å². The Bertz CT molecular complexity index is 1140. The van der Waals surface area contributed by atoms with E-state index in [0.717, 1.165) is 54.1 Å². The van der Waals surface area contributed by atoms with Crippen LogP contribution in [0, 0.1) is 0 Å². The molecule has 5 rings (SSSR count). The third-order valence-electron chi connectivity index (χ3n) is 5.45. The van der Waals surface area contributed by atoms with E-state index >= 15 is 0 Å². The number of carbonyl (C=O) groups is 1. The van der Waals surface area contributed by atoms with E-state index in [1.54, 1.807) is 12.5 Å². The van der Waals surface area contributed by atoms with Crippen molar-refractivity contribution in [2.24, 2.45) is 0 Å². The number of H-pyrrole nitrogens is 1. The second-order valence-electron chi connectivity index (χ2n) is 7.35. The molecule has 0 atom stereocenters. The van der Waals surface area contributed by atoms with Crippen LogP contribution >= 0.6 is 0 Å². The molecule has 146 valence electrons. The molecule has 1 N–H and O–H groups in total. The summed E-state index contributed by atoms with van der Waals surface area (Å²) in [6.07, 6.45) is 3.29. The van der Waals surface area contributed by atoms with E-state index in [1.807, 2.05) is 47.4 Å². The molecule has 0 aliphatic carbocycles. The second-order valence-corrected chi connectivity index (χ2v) is 7.35. The lowest BCUT2D eigenvalue weighted by Crippen LogP contribution is -2.47. The molecule has 3 aromatic heterocycles. The highest BCUT2D eigenvalue weighted by Crippen LogP contribution is 2.28. The predicted molar refractivity (Wildman–Crippen MR) is 110 cm³/mol. The number of fused-ring (bicyclic) bond motifs is 1. The van der Waals surface area contributed by atoms with E-state index < -0.39 is 0 Å². The van der Waals surface area contributed by atoms with Gasteiger partial charge in [-0.1, -0.05) is 12.1 Å². The van der Waals surface area contributed by atoms with Crippen molar-refractivity contribution in [3.8, 4) is 22.5 Å². The van der Waals surface area contributed by atoms with E-state index in [2.05, 4.69) is 27.1 Å². The van der Waals surface area contributed by atoms with Gasteiger partial charge in [0.1, 0.15) is 0 Å². The Hall–Kier alpha value is -3.45. The monoisotopic (exact) mass is 387 g/mol. The van der Waals surface area contributed by atoms with Crippen molar-refractivity contribution in [2.45, 2.75) is 0 Å². The second kappa shape index (κ2) is 7.18. The largest absolute Gasteiger partial charge is 0.472 e. The number of benzene rings is 1. The van der Waals surface area contributed by atoms with Crippen molar-refractivity contribution >= 4 is 16.9 Å². The smallest absolute Gasteiger partial charge is 0.253 e. The molecular weight excluding hydrogens is 366 g/mol. The number of rotatable bonds is 3. The number of aromatic amines is 1. The van der Waals surface area contributed by atoms with E-state index in [-0.39, 0.29) is 5.91 Å². The minimum Gasteiger partial charge on any atom is -0.472 e. The van der Waals surface area contributed by atoms with Gasteiger partial charge in [-0.05, 0) is 37.4 Å². The molecule has 1 amide bonds. The number of pyridine rings is 1. The minimum absolute atomic E-state index is 0.0885. The van der Waals surface area contributed by atoms with Crippen molar-refractivity contribution in [3.05, 3.63) is 60.6 Å². The summed E-state index contributed by atoms with van der Waals surface area (Å²) in [7, 11) is 2.08. The van der Waals surface area contributed by atoms with Gasteiger partial charge in [0.15, 0.2) is 5.65 Å². The molecule has 7 heteroatoms. The maximum atomic E-state index is 12.7. The number of likely N-dealkylation sites (N-methyl/N-ethyl adjacent to an activating group) is 1. The highest BCUT2D eigenvalue weighted by Gasteiger charge is 2.20. The molecule has 0 spiro atoms. The van der Waals surface area contributed by atoms with Gasteiger partial charge in [-0.2, -0.15) is 5.10 Å². The molecule has 4 aromatic rings. The lowest BCUT2D eigenvalue weighted by Gasteiger charge is -2.32.